The number of carbonyl (C=O) groups is 2. The Balaban J connectivity index is 0.00000289. The molecule has 1 atom stereocenters. The number of hydrogen-bond acceptors (Lipinski definition) is 4. The summed E-state index contributed by atoms with van der Waals surface area (Å²) in [6.07, 6.45) is 7.18. The molecule has 3 aliphatic rings. The first-order valence-corrected chi connectivity index (χ1v) is 12.6. The zero-order valence-corrected chi connectivity index (χ0v) is 20.9. The molecule has 7 nitrogen and oxygen atoms in total. The summed E-state index contributed by atoms with van der Waals surface area (Å²) in [6, 6.07) is 13.7. The summed E-state index contributed by atoms with van der Waals surface area (Å²) in [4.78, 5) is 44.3. The maximum absolute atomic E-state index is 13.3. The fourth-order valence-electron chi connectivity index (χ4n) is 5.47. The Hall–Kier alpha value is -2.64. The van der Waals surface area contributed by atoms with E-state index in [9.17, 15) is 14.4 Å². The highest BCUT2D eigenvalue weighted by Gasteiger charge is 2.47. The molecule has 5 rings (SSSR count). The van der Waals surface area contributed by atoms with Crippen molar-refractivity contribution < 1.29 is 9.59 Å². The molecule has 35 heavy (non-hydrogen) atoms. The fraction of sp³-hybridized carbons (Fsp3) is 0.519. The number of piperidine rings is 1. The Labute approximate surface area is 212 Å². The molecular weight excluding hydrogens is 464 g/mol. The molecule has 3 fully saturated rings. The summed E-state index contributed by atoms with van der Waals surface area (Å²) in [6.45, 7) is 3.99. The Morgan fingerprint density at radius 1 is 1.06 bits per heavy atom. The van der Waals surface area contributed by atoms with Crippen LogP contribution >= 0.6 is 12.4 Å². The van der Waals surface area contributed by atoms with Crippen molar-refractivity contribution in [2.24, 2.45) is 11.3 Å². The minimum atomic E-state index is -0.253. The second kappa shape index (κ2) is 11.0. The van der Waals surface area contributed by atoms with E-state index in [4.69, 9.17) is 0 Å². The number of aromatic amines is 1. The van der Waals surface area contributed by atoms with Crippen molar-refractivity contribution in [2.45, 2.75) is 51.1 Å². The number of hydrogen-bond donors (Lipinski definition) is 2. The van der Waals surface area contributed by atoms with E-state index >= 15 is 0 Å². The fourth-order valence-corrected chi connectivity index (χ4v) is 5.47. The lowest BCUT2D eigenvalue weighted by molar-refractivity contribution is -0.139. The van der Waals surface area contributed by atoms with E-state index in [1.807, 2.05) is 29.2 Å². The number of amides is 2. The third-order valence-electron chi connectivity index (χ3n) is 7.83. The van der Waals surface area contributed by atoms with E-state index in [2.05, 4.69) is 27.3 Å². The molecule has 1 aromatic heterocycles. The monoisotopic (exact) mass is 498 g/mol. The van der Waals surface area contributed by atoms with Crippen LogP contribution in [0.5, 0.6) is 0 Å². The number of H-pyrrole nitrogens is 1. The highest BCUT2D eigenvalue weighted by Crippen LogP contribution is 2.42. The average Bonchev–Trinajstić information content (AvgIpc) is 3.67. The molecule has 2 saturated heterocycles. The molecule has 0 radical (unpaired) electrons. The van der Waals surface area contributed by atoms with Gasteiger partial charge in [-0.2, -0.15) is 0 Å². The predicted molar refractivity (Wildman–Crippen MR) is 137 cm³/mol. The molecule has 1 aliphatic carbocycles. The molecule has 0 unspecified atom stereocenters. The molecule has 1 saturated carbocycles. The van der Waals surface area contributed by atoms with Crippen molar-refractivity contribution in [1.82, 2.24) is 20.1 Å². The highest BCUT2D eigenvalue weighted by molar-refractivity contribution is 5.85. The molecule has 2 aliphatic heterocycles. The summed E-state index contributed by atoms with van der Waals surface area (Å²) in [5, 5.41) is 3.27. The molecule has 2 amide bonds. The molecular formula is C27H35ClN4O3. The number of rotatable bonds is 8. The minimum Gasteiger partial charge on any atom is -0.349 e. The van der Waals surface area contributed by atoms with E-state index in [0.29, 0.717) is 6.54 Å². The van der Waals surface area contributed by atoms with Crippen molar-refractivity contribution in [2.75, 3.05) is 26.2 Å². The Morgan fingerprint density at radius 2 is 1.77 bits per heavy atom. The van der Waals surface area contributed by atoms with Crippen molar-refractivity contribution in [3.05, 3.63) is 70.1 Å². The minimum absolute atomic E-state index is 0. The number of aromatic nitrogens is 1. The van der Waals surface area contributed by atoms with Crippen LogP contribution < -0.4 is 10.9 Å². The van der Waals surface area contributed by atoms with E-state index < -0.39 is 0 Å². The van der Waals surface area contributed by atoms with E-state index in [1.165, 1.54) is 0 Å². The van der Waals surface area contributed by atoms with E-state index in [0.717, 1.165) is 75.8 Å². The maximum atomic E-state index is 13.3. The number of benzene rings is 1. The molecule has 2 N–H and O–H groups in total. The number of halogens is 1. The molecule has 1 aromatic carbocycles. The first-order valence-electron chi connectivity index (χ1n) is 12.6. The van der Waals surface area contributed by atoms with Crippen LogP contribution in [-0.2, 0) is 16.1 Å². The van der Waals surface area contributed by atoms with Crippen molar-refractivity contribution in [1.29, 1.82) is 0 Å². The molecule has 188 valence electrons. The number of pyridine rings is 1. The normalized spacial score (nSPS) is 20.5. The lowest BCUT2D eigenvalue weighted by Gasteiger charge is -2.38. The van der Waals surface area contributed by atoms with Gasteiger partial charge < -0.3 is 20.1 Å². The third-order valence-corrected chi connectivity index (χ3v) is 7.83. The van der Waals surface area contributed by atoms with Gasteiger partial charge in [0.05, 0.1) is 11.5 Å². The van der Waals surface area contributed by atoms with Gasteiger partial charge in [-0.15, -0.1) is 12.4 Å². The SMILES string of the molecule is Cl.O=C(N[C@@H](CCN1CCC2(CC1)CCN(Cc1cc[nH]c(=O)c1)C2=O)c1ccccc1)C1CC1. The van der Waals surface area contributed by atoms with Crippen LogP contribution in [0.1, 0.15) is 55.7 Å². The third kappa shape index (κ3) is 5.96. The number of nitrogens with one attached hydrogen (secondary N) is 2. The molecule has 1 spiro atoms. The van der Waals surface area contributed by atoms with Gasteiger partial charge in [0.2, 0.25) is 17.4 Å². The van der Waals surface area contributed by atoms with Crippen LogP contribution in [0.3, 0.4) is 0 Å². The smallest absolute Gasteiger partial charge is 0.248 e. The van der Waals surface area contributed by atoms with Crippen molar-refractivity contribution >= 4 is 24.2 Å². The van der Waals surface area contributed by atoms with Crippen LogP contribution in [0.15, 0.2) is 53.5 Å². The van der Waals surface area contributed by atoms with Crippen LogP contribution in [-0.4, -0.2) is 52.8 Å². The van der Waals surface area contributed by atoms with Crippen LogP contribution in [0.25, 0.3) is 0 Å². The highest BCUT2D eigenvalue weighted by atomic mass is 35.5. The lowest BCUT2D eigenvalue weighted by atomic mass is 9.77. The zero-order valence-electron chi connectivity index (χ0n) is 20.1. The van der Waals surface area contributed by atoms with Gasteiger partial charge in [-0.3, -0.25) is 14.4 Å². The summed E-state index contributed by atoms with van der Waals surface area (Å²) in [5.74, 6) is 0.626. The van der Waals surface area contributed by atoms with Gasteiger partial charge in [0.25, 0.3) is 0 Å². The van der Waals surface area contributed by atoms with Crippen LogP contribution in [0, 0.1) is 11.3 Å². The van der Waals surface area contributed by atoms with Crippen molar-refractivity contribution in [3.8, 4) is 0 Å². The summed E-state index contributed by atoms with van der Waals surface area (Å²) in [7, 11) is 0. The first-order chi connectivity index (χ1) is 16.5. The van der Waals surface area contributed by atoms with E-state index in [-0.39, 0.29) is 47.2 Å². The van der Waals surface area contributed by atoms with Crippen LogP contribution in [0.2, 0.25) is 0 Å². The molecule has 2 aromatic rings. The molecule has 0 bridgehead atoms. The predicted octanol–water partition coefficient (Wildman–Crippen LogP) is 3.27. The van der Waals surface area contributed by atoms with Gasteiger partial charge in [0, 0.05) is 37.8 Å². The average molecular weight is 499 g/mol. The first kappa shape index (κ1) is 25.5. The number of nitrogens with zero attached hydrogens (tertiary/aromatic N) is 2. The van der Waals surface area contributed by atoms with Gasteiger partial charge in [-0.25, -0.2) is 0 Å². The van der Waals surface area contributed by atoms with Gasteiger partial charge in [-0.05, 0) is 68.8 Å². The Kier molecular flexibility index (Phi) is 7.97. The summed E-state index contributed by atoms with van der Waals surface area (Å²) < 4.78 is 0. The second-order valence-electron chi connectivity index (χ2n) is 10.2. The van der Waals surface area contributed by atoms with Gasteiger partial charge in [0.15, 0.2) is 0 Å². The number of likely N-dealkylation sites (tertiary alicyclic amines) is 2. The van der Waals surface area contributed by atoms with E-state index in [1.54, 1.807) is 12.3 Å². The Bertz CT molecular complexity index is 1080. The largest absolute Gasteiger partial charge is 0.349 e. The topological polar surface area (TPSA) is 85.5 Å². The quantitative estimate of drug-likeness (QED) is 0.585. The molecule has 3 heterocycles. The standard InChI is InChI=1S/C27H34N4O3.ClH/c32-24-18-20(8-13-28-24)19-31-17-12-27(26(31)34)10-15-30(16-11-27)14-9-23(21-4-2-1-3-5-21)29-25(33)22-6-7-22;/h1-5,8,13,18,22-23H,6-7,9-12,14-17,19H2,(H,28,32)(H,29,33);1H/t23-;/m0./s1. The summed E-state index contributed by atoms with van der Waals surface area (Å²) >= 11 is 0. The summed E-state index contributed by atoms with van der Waals surface area (Å²) in [5.41, 5.74) is 1.66. The Morgan fingerprint density at radius 3 is 2.46 bits per heavy atom. The second-order valence-corrected chi connectivity index (χ2v) is 10.2. The van der Waals surface area contributed by atoms with Crippen LogP contribution in [0.4, 0.5) is 0 Å². The van der Waals surface area contributed by atoms with Gasteiger partial charge in [0.1, 0.15) is 0 Å². The number of carbonyl (C=O) groups excluding carboxylic acids is 2. The molecule has 8 heteroatoms. The lowest BCUT2D eigenvalue weighted by Crippen LogP contribution is -2.45. The van der Waals surface area contributed by atoms with Gasteiger partial charge in [-0.1, -0.05) is 30.3 Å². The zero-order chi connectivity index (χ0) is 23.5. The van der Waals surface area contributed by atoms with Crippen molar-refractivity contribution in [3.63, 3.8) is 0 Å². The maximum Gasteiger partial charge on any atom is 0.248 e. The van der Waals surface area contributed by atoms with Gasteiger partial charge >= 0.3 is 0 Å².